The van der Waals surface area contributed by atoms with Gasteiger partial charge in [-0.15, -0.1) is 15.3 Å². The maximum absolute atomic E-state index is 13.0. The highest BCUT2D eigenvalue weighted by atomic mass is 16.2. The Morgan fingerprint density at radius 2 is 1.93 bits per heavy atom. The molecule has 0 bridgehead atoms. The molecule has 1 aliphatic heterocycles. The second-order valence-electron chi connectivity index (χ2n) is 7.74. The van der Waals surface area contributed by atoms with Gasteiger partial charge in [-0.05, 0) is 43.2 Å². The van der Waals surface area contributed by atoms with Crippen molar-refractivity contribution in [2.24, 2.45) is 0 Å². The van der Waals surface area contributed by atoms with Crippen LogP contribution in [0.5, 0.6) is 0 Å². The molecular formula is C21H23N7O. The van der Waals surface area contributed by atoms with E-state index in [1.165, 1.54) is 0 Å². The summed E-state index contributed by atoms with van der Waals surface area (Å²) in [5, 5.41) is 13.3. The molecule has 0 radical (unpaired) electrons. The first kappa shape index (κ1) is 17.7. The normalized spacial score (nSPS) is 15.3. The molecule has 148 valence electrons. The second kappa shape index (κ2) is 6.88. The first-order valence-electron chi connectivity index (χ1n) is 9.86. The van der Waals surface area contributed by atoms with Gasteiger partial charge in [-0.1, -0.05) is 6.07 Å². The van der Waals surface area contributed by atoms with Gasteiger partial charge in [0.1, 0.15) is 5.82 Å². The molecule has 0 aliphatic carbocycles. The van der Waals surface area contributed by atoms with E-state index in [-0.39, 0.29) is 11.8 Å². The van der Waals surface area contributed by atoms with Crippen LogP contribution in [0.15, 0.2) is 48.8 Å². The summed E-state index contributed by atoms with van der Waals surface area (Å²) in [5.74, 6) is 2.08. The Balaban J connectivity index is 1.33. The lowest BCUT2D eigenvalue weighted by Gasteiger charge is -2.31. The van der Waals surface area contributed by atoms with Crippen LogP contribution in [0.4, 0.5) is 5.82 Å². The molecule has 4 aromatic heterocycles. The molecule has 0 atom stereocenters. The zero-order chi connectivity index (χ0) is 20.0. The van der Waals surface area contributed by atoms with Gasteiger partial charge in [-0.25, -0.2) is 0 Å². The molecule has 5 heterocycles. The minimum absolute atomic E-state index is 0.0891. The summed E-state index contributed by atoms with van der Waals surface area (Å²) in [6.45, 7) is 1.41. The van der Waals surface area contributed by atoms with Gasteiger partial charge in [0.15, 0.2) is 11.5 Å². The number of carbonyl (C=O) groups excluding carboxylic acids is 1. The third kappa shape index (κ3) is 3.10. The average Bonchev–Trinajstić information content (AvgIpc) is 3.37. The molecule has 1 aliphatic rings. The van der Waals surface area contributed by atoms with E-state index in [0.29, 0.717) is 13.1 Å². The van der Waals surface area contributed by atoms with Gasteiger partial charge in [-0.3, -0.25) is 4.79 Å². The van der Waals surface area contributed by atoms with Gasteiger partial charge in [0.25, 0.3) is 5.91 Å². The topological polar surface area (TPSA) is 71.0 Å². The number of likely N-dealkylation sites (tertiary alicyclic amines) is 1. The molecule has 0 spiro atoms. The Morgan fingerprint density at radius 3 is 2.69 bits per heavy atom. The number of hydrogen-bond acceptors (Lipinski definition) is 5. The third-order valence-electron chi connectivity index (χ3n) is 5.63. The zero-order valence-electron chi connectivity index (χ0n) is 16.6. The van der Waals surface area contributed by atoms with Crippen LogP contribution < -0.4 is 4.90 Å². The van der Waals surface area contributed by atoms with Crippen LogP contribution in [0.2, 0.25) is 0 Å². The van der Waals surface area contributed by atoms with E-state index in [0.717, 1.165) is 41.2 Å². The van der Waals surface area contributed by atoms with Crippen molar-refractivity contribution in [2.75, 3.05) is 32.1 Å². The van der Waals surface area contributed by atoms with E-state index in [9.17, 15) is 4.79 Å². The Morgan fingerprint density at radius 1 is 1.10 bits per heavy atom. The number of fused-ring (bicyclic) bond motifs is 2. The molecule has 29 heavy (non-hydrogen) atoms. The summed E-state index contributed by atoms with van der Waals surface area (Å²) in [4.78, 5) is 16.9. The predicted octanol–water partition coefficient (Wildman–Crippen LogP) is 2.46. The number of carbonyl (C=O) groups is 1. The number of anilines is 1. The molecule has 0 unspecified atom stereocenters. The molecular weight excluding hydrogens is 366 g/mol. The first-order valence-corrected chi connectivity index (χ1v) is 9.86. The number of pyridine rings is 1. The fourth-order valence-electron chi connectivity index (χ4n) is 3.98. The van der Waals surface area contributed by atoms with E-state index >= 15 is 0 Å². The van der Waals surface area contributed by atoms with Crippen LogP contribution in [0, 0.1) is 0 Å². The lowest BCUT2D eigenvalue weighted by atomic mass is 9.95. The Bertz CT molecular complexity index is 1150. The average molecular weight is 389 g/mol. The zero-order valence-corrected chi connectivity index (χ0v) is 16.6. The Hall–Kier alpha value is -3.42. The maximum atomic E-state index is 13.0. The van der Waals surface area contributed by atoms with Crippen molar-refractivity contribution >= 4 is 22.9 Å². The van der Waals surface area contributed by atoms with Gasteiger partial charge < -0.3 is 14.2 Å². The number of aromatic nitrogens is 5. The lowest BCUT2D eigenvalue weighted by molar-refractivity contribution is 0.0711. The molecule has 8 heteroatoms. The number of rotatable bonds is 3. The minimum atomic E-state index is 0.0891. The largest absolute Gasteiger partial charge is 0.361 e. The van der Waals surface area contributed by atoms with E-state index in [2.05, 4.69) is 15.3 Å². The summed E-state index contributed by atoms with van der Waals surface area (Å²) >= 11 is 0. The van der Waals surface area contributed by atoms with Crippen molar-refractivity contribution in [1.82, 2.24) is 29.1 Å². The van der Waals surface area contributed by atoms with Gasteiger partial charge >= 0.3 is 0 Å². The van der Waals surface area contributed by atoms with Crippen molar-refractivity contribution in [3.63, 3.8) is 0 Å². The molecule has 0 aromatic carbocycles. The van der Waals surface area contributed by atoms with Crippen LogP contribution in [0.1, 0.15) is 34.9 Å². The Labute approximate surface area is 168 Å². The number of nitrogens with zero attached hydrogens (tertiary/aromatic N) is 7. The van der Waals surface area contributed by atoms with Crippen molar-refractivity contribution in [3.05, 3.63) is 60.2 Å². The first-order chi connectivity index (χ1) is 14.1. The minimum Gasteiger partial charge on any atom is -0.361 e. The van der Waals surface area contributed by atoms with E-state index in [1.54, 1.807) is 0 Å². The monoisotopic (exact) mass is 389 g/mol. The molecule has 1 fully saturated rings. The number of hydrogen-bond donors (Lipinski definition) is 0. The molecule has 1 amide bonds. The fraction of sp³-hybridized carbons (Fsp3) is 0.333. The molecule has 4 aromatic rings. The SMILES string of the molecule is CN(C)c1ccc2nnc(C3CCN(C(=O)c4cc5ccccn5c4)CC3)n2n1. The van der Waals surface area contributed by atoms with E-state index in [1.807, 2.05) is 81.6 Å². The summed E-state index contributed by atoms with van der Waals surface area (Å²) in [7, 11) is 3.93. The molecule has 0 saturated carbocycles. The van der Waals surface area contributed by atoms with Crippen molar-refractivity contribution in [2.45, 2.75) is 18.8 Å². The smallest absolute Gasteiger partial charge is 0.255 e. The van der Waals surface area contributed by atoms with Gasteiger partial charge in [0, 0.05) is 51.0 Å². The number of amides is 1. The maximum Gasteiger partial charge on any atom is 0.255 e. The lowest BCUT2D eigenvalue weighted by Crippen LogP contribution is -2.38. The van der Waals surface area contributed by atoms with Crippen LogP contribution in [0.25, 0.3) is 11.2 Å². The highest BCUT2D eigenvalue weighted by molar-refractivity contribution is 5.95. The van der Waals surface area contributed by atoms with Crippen LogP contribution >= 0.6 is 0 Å². The number of piperidine rings is 1. The van der Waals surface area contributed by atoms with Crippen LogP contribution in [-0.2, 0) is 0 Å². The molecule has 1 saturated heterocycles. The Kier molecular flexibility index (Phi) is 4.19. The quantitative estimate of drug-likeness (QED) is 0.538. The predicted molar refractivity (Wildman–Crippen MR) is 110 cm³/mol. The highest BCUT2D eigenvalue weighted by Gasteiger charge is 2.28. The second-order valence-corrected chi connectivity index (χ2v) is 7.74. The van der Waals surface area contributed by atoms with Gasteiger partial charge in [0.2, 0.25) is 0 Å². The van der Waals surface area contributed by atoms with Crippen molar-refractivity contribution in [3.8, 4) is 0 Å². The van der Waals surface area contributed by atoms with Crippen molar-refractivity contribution < 1.29 is 4.79 Å². The summed E-state index contributed by atoms with van der Waals surface area (Å²) in [5.41, 5.74) is 2.52. The van der Waals surface area contributed by atoms with Crippen molar-refractivity contribution in [1.29, 1.82) is 0 Å². The molecule has 5 rings (SSSR count). The summed E-state index contributed by atoms with van der Waals surface area (Å²) in [6.07, 6.45) is 5.58. The third-order valence-corrected chi connectivity index (χ3v) is 5.63. The van der Waals surface area contributed by atoms with E-state index < -0.39 is 0 Å². The van der Waals surface area contributed by atoms with Gasteiger partial charge in [0.05, 0.1) is 5.56 Å². The van der Waals surface area contributed by atoms with E-state index in [4.69, 9.17) is 0 Å². The van der Waals surface area contributed by atoms with Crippen LogP contribution in [-0.4, -0.2) is 62.2 Å². The van der Waals surface area contributed by atoms with Gasteiger partial charge in [-0.2, -0.15) is 4.52 Å². The molecule has 8 nitrogen and oxygen atoms in total. The fourth-order valence-corrected chi connectivity index (χ4v) is 3.98. The summed E-state index contributed by atoms with van der Waals surface area (Å²) < 4.78 is 3.83. The summed E-state index contributed by atoms with van der Waals surface area (Å²) in [6, 6.07) is 11.8. The highest BCUT2D eigenvalue weighted by Crippen LogP contribution is 2.28. The van der Waals surface area contributed by atoms with Crippen LogP contribution in [0.3, 0.4) is 0 Å². The molecule has 0 N–H and O–H groups in total. The standard InChI is InChI=1S/C21H23N7O/c1-25(2)19-7-6-18-22-23-20(28(18)24-19)15-8-11-26(12-9-15)21(29)16-13-17-5-3-4-10-27(17)14-16/h3-7,10,13-15H,8-9,11-12H2,1-2H3.